The van der Waals surface area contributed by atoms with E-state index in [1.165, 1.54) is 28.6 Å². The molecule has 1 saturated heterocycles. The molecule has 28 heavy (non-hydrogen) atoms. The van der Waals surface area contributed by atoms with Crippen LogP contribution in [0.5, 0.6) is 0 Å². The number of aromatic amines is 1. The summed E-state index contributed by atoms with van der Waals surface area (Å²) in [5, 5.41) is 6.66. The number of halogens is 1. The molecule has 0 radical (unpaired) electrons. The number of nitrogens with one attached hydrogen (secondary N) is 1. The predicted octanol–water partition coefficient (Wildman–Crippen LogP) is 2.19. The molecule has 0 saturated carbocycles. The van der Waals surface area contributed by atoms with Gasteiger partial charge in [-0.25, -0.2) is 13.5 Å². The van der Waals surface area contributed by atoms with Gasteiger partial charge in [0.1, 0.15) is 5.69 Å². The van der Waals surface area contributed by atoms with Gasteiger partial charge in [0.05, 0.1) is 0 Å². The monoisotopic (exact) mass is 420 g/mol. The predicted molar refractivity (Wildman–Crippen MR) is 105 cm³/mol. The lowest BCUT2D eigenvalue weighted by Crippen LogP contribution is -2.48. The molecule has 0 bridgehead atoms. The van der Waals surface area contributed by atoms with Crippen molar-refractivity contribution in [2.24, 2.45) is 0 Å². The van der Waals surface area contributed by atoms with Gasteiger partial charge in [-0.15, -0.1) is 0 Å². The van der Waals surface area contributed by atoms with Crippen molar-refractivity contribution < 1.29 is 12.8 Å². The number of rotatable bonds is 4. The van der Waals surface area contributed by atoms with Gasteiger partial charge >= 0.3 is 0 Å². The molecule has 0 atom stereocenters. The van der Waals surface area contributed by atoms with E-state index in [0.29, 0.717) is 36.9 Å². The van der Waals surface area contributed by atoms with Crippen molar-refractivity contribution in [3.05, 3.63) is 63.9 Å². The lowest BCUT2D eigenvalue weighted by Gasteiger charge is -2.34. The number of hydrogen-bond acceptors (Lipinski definition) is 6. The van der Waals surface area contributed by atoms with Crippen molar-refractivity contribution in [3.63, 3.8) is 0 Å². The standard InChI is InChI=1S/C18H17ClN4O4S/c19-13-1-3-14(4-2-13)22-9-11-23(12-10-22)28(25,26)18-8-6-16(27-18)15-5-7-17(24)21-20-15/h1-8H,9-12H2,(H,21,24). The van der Waals surface area contributed by atoms with Crippen molar-refractivity contribution >= 4 is 27.3 Å². The minimum Gasteiger partial charge on any atom is -0.442 e. The van der Waals surface area contributed by atoms with E-state index in [2.05, 4.69) is 15.1 Å². The quantitative estimate of drug-likeness (QED) is 0.694. The Balaban J connectivity index is 1.48. The average Bonchev–Trinajstić information content (AvgIpc) is 3.20. The molecule has 0 unspecified atom stereocenters. The van der Waals surface area contributed by atoms with E-state index >= 15 is 0 Å². The summed E-state index contributed by atoms with van der Waals surface area (Å²) >= 11 is 5.92. The third-order valence-corrected chi connectivity index (χ3v) is 6.56. The summed E-state index contributed by atoms with van der Waals surface area (Å²) in [5.41, 5.74) is 1.01. The van der Waals surface area contributed by atoms with Crippen LogP contribution in [0.25, 0.3) is 11.5 Å². The van der Waals surface area contributed by atoms with Gasteiger partial charge in [0.2, 0.25) is 5.09 Å². The number of piperazine rings is 1. The Morgan fingerprint density at radius 1 is 0.964 bits per heavy atom. The van der Waals surface area contributed by atoms with Crippen molar-refractivity contribution in [3.8, 4) is 11.5 Å². The zero-order chi connectivity index (χ0) is 19.7. The van der Waals surface area contributed by atoms with E-state index in [1.807, 2.05) is 24.3 Å². The van der Waals surface area contributed by atoms with Crippen LogP contribution < -0.4 is 10.5 Å². The van der Waals surface area contributed by atoms with E-state index in [1.54, 1.807) is 0 Å². The highest BCUT2D eigenvalue weighted by molar-refractivity contribution is 7.89. The summed E-state index contributed by atoms with van der Waals surface area (Å²) in [6, 6.07) is 13.2. The van der Waals surface area contributed by atoms with Crippen LogP contribution in [0.2, 0.25) is 5.02 Å². The molecular formula is C18H17ClN4O4S. The highest BCUT2D eigenvalue weighted by Gasteiger charge is 2.31. The van der Waals surface area contributed by atoms with Gasteiger partial charge in [-0.05, 0) is 42.5 Å². The number of benzene rings is 1. The Labute approximate surface area is 166 Å². The molecule has 146 valence electrons. The van der Waals surface area contributed by atoms with Gasteiger partial charge in [-0.1, -0.05) is 11.6 Å². The molecule has 10 heteroatoms. The second-order valence-corrected chi connectivity index (χ2v) is 8.60. The summed E-state index contributed by atoms with van der Waals surface area (Å²) in [6.07, 6.45) is 0. The maximum absolute atomic E-state index is 12.9. The van der Waals surface area contributed by atoms with E-state index < -0.39 is 10.0 Å². The molecule has 1 aliphatic rings. The molecule has 4 rings (SSSR count). The Bertz CT molecular complexity index is 1110. The molecule has 0 amide bonds. The number of sulfonamides is 1. The number of aromatic nitrogens is 2. The Morgan fingerprint density at radius 2 is 1.68 bits per heavy atom. The first kappa shape index (κ1) is 18.7. The van der Waals surface area contributed by atoms with Crippen LogP contribution in [0.3, 0.4) is 0 Å². The zero-order valence-corrected chi connectivity index (χ0v) is 16.3. The van der Waals surface area contributed by atoms with Gasteiger partial charge < -0.3 is 9.32 Å². The fourth-order valence-corrected chi connectivity index (χ4v) is 4.50. The van der Waals surface area contributed by atoms with Gasteiger partial charge in [0.25, 0.3) is 15.6 Å². The van der Waals surface area contributed by atoms with E-state index in [0.717, 1.165) is 5.69 Å². The summed E-state index contributed by atoms with van der Waals surface area (Å²) in [6.45, 7) is 1.82. The molecule has 2 aromatic heterocycles. The van der Waals surface area contributed by atoms with Crippen molar-refractivity contribution in [2.45, 2.75) is 5.09 Å². The van der Waals surface area contributed by atoms with Crippen molar-refractivity contribution in [1.29, 1.82) is 0 Å². The third-order valence-electron chi connectivity index (χ3n) is 4.54. The fraction of sp³-hybridized carbons (Fsp3) is 0.222. The maximum Gasteiger partial charge on any atom is 0.276 e. The van der Waals surface area contributed by atoms with Crippen LogP contribution in [0.15, 0.2) is 62.8 Å². The summed E-state index contributed by atoms with van der Waals surface area (Å²) in [7, 11) is -3.75. The van der Waals surface area contributed by atoms with Crippen LogP contribution in [0, 0.1) is 0 Å². The summed E-state index contributed by atoms with van der Waals surface area (Å²) in [4.78, 5) is 13.2. The summed E-state index contributed by atoms with van der Waals surface area (Å²) in [5.74, 6) is 0.273. The number of H-pyrrole nitrogens is 1. The SMILES string of the molecule is O=c1ccc(-c2ccc(S(=O)(=O)N3CCN(c4ccc(Cl)cc4)CC3)o2)n[nH]1. The molecule has 0 spiro atoms. The molecule has 3 aromatic rings. The van der Waals surface area contributed by atoms with Crippen LogP contribution in [-0.2, 0) is 10.0 Å². The molecule has 1 aliphatic heterocycles. The summed E-state index contributed by atoms with van der Waals surface area (Å²) < 4.78 is 32.7. The van der Waals surface area contributed by atoms with Crippen LogP contribution in [0.4, 0.5) is 5.69 Å². The lowest BCUT2D eigenvalue weighted by molar-refractivity contribution is 0.363. The first-order valence-corrected chi connectivity index (χ1v) is 10.4. The van der Waals surface area contributed by atoms with Gasteiger partial charge in [0, 0.05) is 43.0 Å². The molecular weight excluding hydrogens is 404 g/mol. The second kappa shape index (κ2) is 7.42. The molecule has 8 nitrogen and oxygen atoms in total. The first-order valence-electron chi connectivity index (χ1n) is 8.60. The van der Waals surface area contributed by atoms with Crippen molar-refractivity contribution in [1.82, 2.24) is 14.5 Å². The first-order chi connectivity index (χ1) is 13.4. The minimum atomic E-state index is -3.75. The zero-order valence-electron chi connectivity index (χ0n) is 14.7. The Morgan fingerprint density at radius 3 is 2.32 bits per heavy atom. The van der Waals surface area contributed by atoms with E-state index in [-0.39, 0.29) is 16.4 Å². The highest BCUT2D eigenvalue weighted by Crippen LogP contribution is 2.26. The molecule has 3 heterocycles. The molecule has 1 fully saturated rings. The van der Waals surface area contributed by atoms with Crippen LogP contribution >= 0.6 is 11.6 Å². The average molecular weight is 421 g/mol. The Hall–Kier alpha value is -2.62. The third kappa shape index (κ3) is 3.68. The van der Waals surface area contributed by atoms with E-state index in [4.69, 9.17) is 16.0 Å². The number of nitrogens with zero attached hydrogens (tertiary/aromatic N) is 3. The van der Waals surface area contributed by atoms with Gasteiger partial charge in [0.15, 0.2) is 5.76 Å². The normalized spacial score (nSPS) is 15.7. The van der Waals surface area contributed by atoms with Gasteiger partial charge in [-0.2, -0.15) is 9.40 Å². The topological polar surface area (TPSA) is 99.5 Å². The van der Waals surface area contributed by atoms with Crippen LogP contribution in [0.1, 0.15) is 0 Å². The molecule has 1 N–H and O–H groups in total. The molecule has 1 aromatic carbocycles. The second-order valence-electron chi connectivity index (χ2n) is 6.29. The maximum atomic E-state index is 12.9. The van der Waals surface area contributed by atoms with Crippen LogP contribution in [-0.4, -0.2) is 49.1 Å². The van der Waals surface area contributed by atoms with Crippen molar-refractivity contribution in [2.75, 3.05) is 31.1 Å². The minimum absolute atomic E-state index is 0.143. The smallest absolute Gasteiger partial charge is 0.276 e. The fourth-order valence-electron chi connectivity index (χ4n) is 3.04. The number of hydrogen-bond donors (Lipinski definition) is 1. The molecule has 0 aliphatic carbocycles. The largest absolute Gasteiger partial charge is 0.442 e. The number of furan rings is 1. The Kier molecular flexibility index (Phi) is 4.96. The number of anilines is 1. The van der Waals surface area contributed by atoms with Gasteiger partial charge in [-0.3, -0.25) is 4.79 Å². The lowest BCUT2D eigenvalue weighted by atomic mass is 10.2. The van der Waals surface area contributed by atoms with E-state index in [9.17, 15) is 13.2 Å². The highest BCUT2D eigenvalue weighted by atomic mass is 35.5.